The molecule has 3 nitrogen and oxygen atoms in total. The molecule has 0 heterocycles. The summed E-state index contributed by atoms with van der Waals surface area (Å²) in [4.78, 5) is 0. The first kappa shape index (κ1) is 15.3. The monoisotopic (exact) mass is 300 g/mol. The van der Waals surface area contributed by atoms with Crippen LogP contribution in [0.1, 0.15) is 18.1 Å². The van der Waals surface area contributed by atoms with Gasteiger partial charge in [0.15, 0.2) is 5.11 Å². The van der Waals surface area contributed by atoms with Crippen LogP contribution in [0.3, 0.4) is 0 Å². The summed E-state index contributed by atoms with van der Waals surface area (Å²) in [6.45, 7) is 5.43. The molecule has 21 heavy (non-hydrogen) atoms. The highest BCUT2D eigenvalue weighted by molar-refractivity contribution is 7.80. The molecule has 4 heteroatoms. The minimum absolute atomic E-state index is 0.604. The van der Waals surface area contributed by atoms with Crippen molar-refractivity contribution in [2.45, 2.75) is 20.4 Å². The summed E-state index contributed by atoms with van der Waals surface area (Å²) < 4.78 is 5.47. The lowest BCUT2D eigenvalue weighted by molar-refractivity contribution is 0.340. The SMILES string of the molecule is CCOc1cccc(NC(=S)NCc2ccccc2C)c1. The lowest BCUT2D eigenvalue weighted by Gasteiger charge is -2.12. The number of aryl methyl sites for hydroxylation is 1. The average molecular weight is 300 g/mol. The number of ether oxygens (including phenoxy) is 1. The third-order valence-corrected chi connectivity index (χ3v) is 3.35. The van der Waals surface area contributed by atoms with Crippen molar-refractivity contribution in [1.29, 1.82) is 0 Å². The van der Waals surface area contributed by atoms with Crippen molar-refractivity contribution >= 4 is 23.0 Å². The van der Waals surface area contributed by atoms with Gasteiger partial charge in [-0.3, -0.25) is 0 Å². The summed E-state index contributed by atoms with van der Waals surface area (Å²) in [6, 6.07) is 16.0. The van der Waals surface area contributed by atoms with E-state index in [-0.39, 0.29) is 0 Å². The van der Waals surface area contributed by atoms with Crippen LogP contribution >= 0.6 is 12.2 Å². The van der Waals surface area contributed by atoms with Crippen LogP contribution in [0, 0.1) is 6.92 Å². The van der Waals surface area contributed by atoms with Crippen molar-refractivity contribution in [2.24, 2.45) is 0 Å². The number of anilines is 1. The zero-order valence-corrected chi connectivity index (χ0v) is 13.2. The van der Waals surface area contributed by atoms with Crippen LogP contribution in [0.25, 0.3) is 0 Å². The minimum Gasteiger partial charge on any atom is -0.494 e. The van der Waals surface area contributed by atoms with Gasteiger partial charge in [-0.2, -0.15) is 0 Å². The van der Waals surface area contributed by atoms with Gasteiger partial charge in [0.25, 0.3) is 0 Å². The summed E-state index contributed by atoms with van der Waals surface area (Å²) in [7, 11) is 0. The Balaban J connectivity index is 1.90. The van der Waals surface area contributed by atoms with Crippen molar-refractivity contribution < 1.29 is 4.74 Å². The Hall–Kier alpha value is -2.07. The molecule has 0 fully saturated rings. The second kappa shape index (κ2) is 7.64. The number of hydrogen-bond acceptors (Lipinski definition) is 2. The van der Waals surface area contributed by atoms with Crippen LogP contribution in [-0.4, -0.2) is 11.7 Å². The van der Waals surface area contributed by atoms with E-state index >= 15 is 0 Å². The molecule has 0 amide bonds. The van der Waals surface area contributed by atoms with Gasteiger partial charge in [-0.15, -0.1) is 0 Å². The normalized spacial score (nSPS) is 10.0. The van der Waals surface area contributed by atoms with Crippen molar-refractivity contribution in [3.63, 3.8) is 0 Å². The topological polar surface area (TPSA) is 33.3 Å². The maximum absolute atomic E-state index is 5.47. The van der Waals surface area contributed by atoms with Gasteiger partial charge in [0.05, 0.1) is 6.61 Å². The zero-order chi connectivity index (χ0) is 15.1. The van der Waals surface area contributed by atoms with E-state index in [1.807, 2.05) is 43.3 Å². The molecule has 0 aromatic heterocycles. The summed E-state index contributed by atoms with van der Waals surface area (Å²) in [6.07, 6.45) is 0. The average Bonchev–Trinajstić information content (AvgIpc) is 2.47. The van der Waals surface area contributed by atoms with E-state index in [9.17, 15) is 0 Å². The Labute approximate surface area is 131 Å². The fourth-order valence-corrected chi connectivity index (χ4v) is 2.18. The van der Waals surface area contributed by atoms with Gasteiger partial charge in [0, 0.05) is 18.3 Å². The molecular formula is C17H20N2OS. The molecule has 0 aliphatic carbocycles. The fraction of sp³-hybridized carbons (Fsp3) is 0.235. The summed E-state index contributed by atoms with van der Waals surface area (Å²) in [5.41, 5.74) is 3.42. The van der Waals surface area contributed by atoms with E-state index in [0.717, 1.165) is 11.4 Å². The third-order valence-electron chi connectivity index (χ3n) is 3.10. The number of thiocarbonyl (C=S) groups is 1. The van der Waals surface area contributed by atoms with Crippen LogP contribution < -0.4 is 15.4 Å². The van der Waals surface area contributed by atoms with Gasteiger partial charge in [0.1, 0.15) is 5.75 Å². The van der Waals surface area contributed by atoms with Gasteiger partial charge in [-0.1, -0.05) is 30.3 Å². The van der Waals surface area contributed by atoms with Gasteiger partial charge < -0.3 is 15.4 Å². The molecule has 0 atom stereocenters. The predicted octanol–water partition coefficient (Wildman–Crippen LogP) is 3.88. The quantitative estimate of drug-likeness (QED) is 0.821. The van der Waals surface area contributed by atoms with Crippen LogP contribution in [0.15, 0.2) is 48.5 Å². The molecule has 2 aromatic carbocycles. The molecule has 0 aliphatic rings. The molecule has 0 aliphatic heterocycles. The Kier molecular flexibility index (Phi) is 5.58. The Morgan fingerprint density at radius 1 is 1.14 bits per heavy atom. The van der Waals surface area contributed by atoms with Crippen molar-refractivity contribution in [3.05, 3.63) is 59.7 Å². The lowest BCUT2D eigenvalue weighted by atomic mass is 10.1. The molecule has 2 N–H and O–H groups in total. The van der Waals surface area contributed by atoms with E-state index in [1.165, 1.54) is 11.1 Å². The highest BCUT2D eigenvalue weighted by atomic mass is 32.1. The van der Waals surface area contributed by atoms with E-state index in [4.69, 9.17) is 17.0 Å². The molecular weight excluding hydrogens is 280 g/mol. The van der Waals surface area contributed by atoms with Crippen LogP contribution in [-0.2, 0) is 6.54 Å². The van der Waals surface area contributed by atoms with E-state index in [2.05, 4.69) is 29.7 Å². The Bertz CT molecular complexity index is 613. The second-order valence-electron chi connectivity index (χ2n) is 4.70. The maximum Gasteiger partial charge on any atom is 0.171 e. The van der Waals surface area contributed by atoms with E-state index in [0.29, 0.717) is 18.3 Å². The highest BCUT2D eigenvalue weighted by Crippen LogP contribution is 2.17. The molecule has 2 rings (SSSR count). The van der Waals surface area contributed by atoms with Crippen molar-refractivity contribution in [3.8, 4) is 5.75 Å². The highest BCUT2D eigenvalue weighted by Gasteiger charge is 2.01. The number of rotatable bonds is 5. The fourth-order valence-electron chi connectivity index (χ4n) is 1.99. The molecule has 0 saturated heterocycles. The van der Waals surface area contributed by atoms with Crippen molar-refractivity contribution in [2.75, 3.05) is 11.9 Å². The third kappa shape index (κ3) is 4.76. The molecule has 0 radical (unpaired) electrons. The van der Waals surface area contributed by atoms with Crippen LogP contribution in [0.4, 0.5) is 5.69 Å². The van der Waals surface area contributed by atoms with Gasteiger partial charge in [-0.05, 0) is 49.3 Å². The number of hydrogen-bond donors (Lipinski definition) is 2. The van der Waals surface area contributed by atoms with E-state index < -0.39 is 0 Å². The van der Waals surface area contributed by atoms with E-state index in [1.54, 1.807) is 0 Å². The summed E-state index contributed by atoms with van der Waals surface area (Å²) >= 11 is 5.32. The Morgan fingerprint density at radius 3 is 2.71 bits per heavy atom. The van der Waals surface area contributed by atoms with Gasteiger partial charge in [0.2, 0.25) is 0 Å². The molecule has 0 saturated carbocycles. The maximum atomic E-state index is 5.47. The predicted molar refractivity (Wildman–Crippen MR) is 91.9 cm³/mol. The largest absolute Gasteiger partial charge is 0.494 e. The minimum atomic E-state index is 0.604. The smallest absolute Gasteiger partial charge is 0.171 e. The second-order valence-corrected chi connectivity index (χ2v) is 5.10. The first-order valence-electron chi connectivity index (χ1n) is 7.01. The molecule has 0 spiro atoms. The molecule has 110 valence electrons. The number of nitrogens with one attached hydrogen (secondary N) is 2. The molecule has 0 unspecified atom stereocenters. The van der Waals surface area contributed by atoms with Gasteiger partial charge in [-0.25, -0.2) is 0 Å². The van der Waals surface area contributed by atoms with Crippen molar-refractivity contribution in [1.82, 2.24) is 5.32 Å². The molecule has 2 aromatic rings. The zero-order valence-electron chi connectivity index (χ0n) is 12.3. The lowest BCUT2D eigenvalue weighted by Crippen LogP contribution is -2.28. The van der Waals surface area contributed by atoms with Gasteiger partial charge >= 0.3 is 0 Å². The summed E-state index contributed by atoms with van der Waals surface area (Å²) in [5.74, 6) is 0.837. The molecule has 0 bridgehead atoms. The summed E-state index contributed by atoms with van der Waals surface area (Å²) in [5, 5.41) is 6.99. The van der Waals surface area contributed by atoms with Crippen LogP contribution in [0.2, 0.25) is 0 Å². The first-order valence-corrected chi connectivity index (χ1v) is 7.42. The number of benzene rings is 2. The Morgan fingerprint density at radius 2 is 1.95 bits per heavy atom. The van der Waals surface area contributed by atoms with Crippen LogP contribution in [0.5, 0.6) is 5.75 Å². The standard InChI is InChI=1S/C17H20N2OS/c1-3-20-16-10-6-9-15(11-16)19-17(21)18-12-14-8-5-4-7-13(14)2/h4-11H,3,12H2,1-2H3,(H2,18,19,21). The first-order chi connectivity index (χ1) is 10.2.